The van der Waals surface area contributed by atoms with Crippen LogP contribution < -0.4 is 0 Å². The van der Waals surface area contributed by atoms with E-state index in [2.05, 4.69) is 9.97 Å². The maximum Gasteiger partial charge on any atom is 0.289 e. The first-order valence-electron chi connectivity index (χ1n) is 9.26. The van der Waals surface area contributed by atoms with Crippen LogP contribution in [0.1, 0.15) is 40.1 Å². The van der Waals surface area contributed by atoms with E-state index in [1.165, 1.54) is 6.26 Å². The third kappa shape index (κ3) is 3.45. The first-order valence-corrected chi connectivity index (χ1v) is 9.26. The number of rotatable bonds is 3. The number of aromatic amines is 1. The lowest BCUT2D eigenvalue weighted by Gasteiger charge is -2.21. The summed E-state index contributed by atoms with van der Waals surface area (Å²) in [5.74, 6) is 1.11. The molecule has 1 fully saturated rings. The van der Waals surface area contributed by atoms with Crippen molar-refractivity contribution in [2.45, 2.75) is 19.8 Å². The van der Waals surface area contributed by atoms with Gasteiger partial charge in [0.1, 0.15) is 5.82 Å². The number of H-pyrrole nitrogens is 1. The van der Waals surface area contributed by atoms with E-state index in [9.17, 15) is 9.59 Å². The Hall–Kier alpha value is -3.09. The Morgan fingerprint density at radius 2 is 1.89 bits per heavy atom. The molecule has 0 atom stereocenters. The van der Waals surface area contributed by atoms with E-state index in [-0.39, 0.29) is 11.8 Å². The molecule has 1 aliphatic heterocycles. The minimum absolute atomic E-state index is 0.0168. The van der Waals surface area contributed by atoms with Crippen molar-refractivity contribution in [2.24, 2.45) is 0 Å². The van der Waals surface area contributed by atoms with Crippen LogP contribution in [0.5, 0.6) is 0 Å². The summed E-state index contributed by atoms with van der Waals surface area (Å²) in [6.07, 6.45) is 3.06. The zero-order valence-corrected chi connectivity index (χ0v) is 15.3. The number of benzene rings is 1. The summed E-state index contributed by atoms with van der Waals surface area (Å²) in [5.41, 5.74) is 2.39. The van der Waals surface area contributed by atoms with Gasteiger partial charge in [0.05, 0.1) is 17.3 Å². The van der Waals surface area contributed by atoms with Gasteiger partial charge in [0.15, 0.2) is 5.76 Å². The molecule has 0 saturated carbocycles. The first-order chi connectivity index (χ1) is 13.2. The van der Waals surface area contributed by atoms with Crippen LogP contribution in [-0.4, -0.2) is 57.8 Å². The summed E-state index contributed by atoms with van der Waals surface area (Å²) in [6, 6.07) is 8.93. The van der Waals surface area contributed by atoms with E-state index >= 15 is 0 Å². The molecule has 0 unspecified atom stereocenters. The molecule has 7 nitrogen and oxygen atoms in total. The fraction of sp³-hybridized carbons (Fsp3) is 0.350. The van der Waals surface area contributed by atoms with Gasteiger partial charge >= 0.3 is 0 Å². The molecule has 2 aromatic heterocycles. The fourth-order valence-corrected chi connectivity index (χ4v) is 3.43. The summed E-state index contributed by atoms with van der Waals surface area (Å²) in [7, 11) is 0. The van der Waals surface area contributed by atoms with Gasteiger partial charge < -0.3 is 19.2 Å². The quantitative estimate of drug-likeness (QED) is 0.773. The van der Waals surface area contributed by atoms with E-state index in [1.807, 2.05) is 30.0 Å². The number of nitrogens with one attached hydrogen (secondary N) is 1. The molecule has 0 radical (unpaired) electrons. The minimum atomic E-state index is -0.125. The molecular formula is C20H22N4O3. The normalized spacial score (nSPS) is 15.1. The Bertz CT molecular complexity index is 961. The first kappa shape index (κ1) is 17.3. The predicted molar refractivity (Wildman–Crippen MR) is 101 cm³/mol. The highest BCUT2D eigenvalue weighted by molar-refractivity contribution is 5.97. The lowest BCUT2D eigenvalue weighted by atomic mass is 10.1. The van der Waals surface area contributed by atoms with Gasteiger partial charge in [-0.05, 0) is 36.8 Å². The second kappa shape index (κ2) is 7.26. The summed E-state index contributed by atoms with van der Waals surface area (Å²) >= 11 is 0. The number of hydrogen-bond donors (Lipinski definition) is 1. The van der Waals surface area contributed by atoms with Crippen LogP contribution in [0.15, 0.2) is 41.0 Å². The smallest absolute Gasteiger partial charge is 0.289 e. The molecular weight excluding hydrogens is 344 g/mol. The zero-order valence-electron chi connectivity index (χ0n) is 15.3. The molecule has 3 heterocycles. The number of furan rings is 1. The molecule has 27 heavy (non-hydrogen) atoms. The van der Waals surface area contributed by atoms with Crippen LogP contribution in [0.2, 0.25) is 0 Å². The van der Waals surface area contributed by atoms with Crippen LogP contribution in [0.25, 0.3) is 11.0 Å². The second-order valence-electron chi connectivity index (χ2n) is 6.68. The fourth-order valence-electron chi connectivity index (χ4n) is 3.43. The topological polar surface area (TPSA) is 82.4 Å². The van der Waals surface area contributed by atoms with Gasteiger partial charge in [-0.2, -0.15) is 0 Å². The molecule has 0 aliphatic carbocycles. The highest BCUT2D eigenvalue weighted by atomic mass is 16.3. The van der Waals surface area contributed by atoms with E-state index in [4.69, 9.17) is 4.42 Å². The molecule has 3 aromatic rings. The molecule has 7 heteroatoms. The Balaban J connectivity index is 1.47. The average molecular weight is 366 g/mol. The van der Waals surface area contributed by atoms with Crippen LogP contribution in [0.3, 0.4) is 0 Å². The number of carbonyl (C=O) groups is 2. The molecule has 1 aromatic carbocycles. The monoisotopic (exact) mass is 366 g/mol. The Labute approximate surface area is 157 Å². The summed E-state index contributed by atoms with van der Waals surface area (Å²) < 4.78 is 5.20. The third-order valence-corrected chi connectivity index (χ3v) is 4.92. The molecule has 1 aliphatic rings. The number of nitrogens with zero attached hydrogens (tertiary/aromatic N) is 3. The molecule has 1 saturated heterocycles. The molecule has 0 spiro atoms. The number of hydrogen-bond acceptors (Lipinski definition) is 4. The summed E-state index contributed by atoms with van der Waals surface area (Å²) in [6.45, 7) is 4.28. The molecule has 0 bridgehead atoms. The summed E-state index contributed by atoms with van der Waals surface area (Å²) in [5, 5.41) is 0. The van der Waals surface area contributed by atoms with Crippen molar-refractivity contribution in [3.05, 3.63) is 53.7 Å². The van der Waals surface area contributed by atoms with Crippen molar-refractivity contribution in [1.29, 1.82) is 0 Å². The van der Waals surface area contributed by atoms with Crippen LogP contribution >= 0.6 is 0 Å². The number of imidazole rings is 1. The van der Waals surface area contributed by atoms with Gasteiger partial charge in [-0.3, -0.25) is 9.59 Å². The Kier molecular flexibility index (Phi) is 4.66. The van der Waals surface area contributed by atoms with Crippen LogP contribution in [0, 0.1) is 0 Å². The maximum absolute atomic E-state index is 12.9. The van der Waals surface area contributed by atoms with Crippen LogP contribution in [0.4, 0.5) is 0 Å². The SMILES string of the molecule is CCc1nc2ccc(C(=O)N3CCCN(C(=O)c4ccco4)CC3)cc2[nH]1. The zero-order chi connectivity index (χ0) is 18.8. The number of amides is 2. The Morgan fingerprint density at radius 1 is 1.11 bits per heavy atom. The Morgan fingerprint density at radius 3 is 2.59 bits per heavy atom. The lowest BCUT2D eigenvalue weighted by Crippen LogP contribution is -2.37. The van der Waals surface area contributed by atoms with Crippen molar-refractivity contribution in [3.8, 4) is 0 Å². The van der Waals surface area contributed by atoms with Crippen molar-refractivity contribution in [2.75, 3.05) is 26.2 Å². The van der Waals surface area contributed by atoms with Gasteiger partial charge in [-0.15, -0.1) is 0 Å². The minimum Gasteiger partial charge on any atom is -0.459 e. The molecule has 1 N–H and O–H groups in total. The lowest BCUT2D eigenvalue weighted by molar-refractivity contribution is 0.0700. The van der Waals surface area contributed by atoms with Gasteiger partial charge in [-0.1, -0.05) is 6.92 Å². The number of aromatic nitrogens is 2. The van der Waals surface area contributed by atoms with Crippen molar-refractivity contribution in [1.82, 2.24) is 19.8 Å². The van der Waals surface area contributed by atoms with Crippen LogP contribution in [-0.2, 0) is 6.42 Å². The van der Waals surface area contributed by atoms with Crippen molar-refractivity contribution >= 4 is 22.8 Å². The van der Waals surface area contributed by atoms with Crippen molar-refractivity contribution in [3.63, 3.8) is 0 Å². The third-order valence-electron chi connectivity index (χ3n) is 4.92. The van der Waals surface area contributed by atoms with Gasteiger partial charge in [0.25, 0.3) is 11.8 Å². The highest BCUT2D eigenvalue weighted by Gasteiger charge is 2.24. The molecule has 140 valence electrons. The number of carbonyl (C=O) groups excluding carboxylic acids is 2. The van der Waals surface area contributed by atoms with Gasteiger partial charge in [-0.25, -0.2) is 4.98 Å². The summed E-state index contributed by atoms with van der Waals surface area (Å²) in [4.78, 5) is 36.7. The maximum atomic E-state index is 12.9. The second-order valence-corrected chi connectivity index (χ2v) is 6.68. The highest BCUT2D eigenvalue weighted by Crippen LogP contribution is 2.17. The van der Waals surface area contributed by atoms with E-state index in [0.29, 0.717) is 37.5 Å². The van der Waals surface area contributed by atoms with Gasteiger partial charge in [0, 0.05) is 38.2 Å². The predicted octanol–water partition coefficient (Wildman–Crippen LogP) is 2.71. The molecule has 4 rings (SSSR count). The van der Waals surface area contributed by atoms with Gasteiger partial charge in [0.2, 0.25) is 0 Å². The largest absolute Gasteiger partial charge is 0.459 e. The standard InChI is InChI=1S/C20H22N4O3/c1-2-18-21-15-7-6-14(13-16(15)22-18)19(25)23-8-4-9-24(11-10-23)20(26)17-5-3-12-27-17/h3,5-7,12-13H,2,4,8-11H2,1H3,(H,21,22). The van der Waals surface area contributed by atoms with Crippen molar-refractivity contribution < 1.29 is 14.0 Å². The average Bonchev–Trinajstić information content (AvgIpc) is 3.30. The number of fused-ring (bicyclic) bond motifs is 1. The van der Waals surface area contributed by atoms with E-state index in [0.717, 1.165) is 29.7 Å². The van der Waals surface area contributed by atoms with E-state index < -0.39 is 0 Å². The molecule has 2 amide bonds. The number of aryl methyl sites for hydroxylation is 1. The van der Waals surface area contributed by atoms with E-state index in [1.54, 1.807) is 17.0 Å².